The van der Waals surface area contributed by atoms with Gasteiger partial charge in [0.25, 0.3) is 0 Å². The summed E-state index contributed by atoms with van der Waals surface area (Å²) < 4.78 is 0. The number of thioether (sulfide) groups is 1. The van der Waals surface area contributed by atoms with Crippen LogP contribution in [0.25, 0.3) is 10.2 Å². The lowest BCUT2D eigenvalue weighted by Crippen LogP contribution is -2.33. The van der Waals surface area contributed by atoms with Gasteiger partial charge in [0.15, 0.2) is 0 Å². The lowest BCUT2D eigenvalue weighted by Gasteiger charge is -2.27. The van der Waals surface area contributed by atoms with Crippen LogP contribution in [-0.2, 0) is 6.42 Å². The molecule has 3 rings (SSSR count). The molecule has 1 saturated heterocycles. The molecule has 0 spiro atoms. The molecule has 1 aliphatic rings. The molecule has 6 heteroatoms. The zero-order valence-electron chi connectivity index (χ0n) is 10.1. The van der Waals surface area contributed by atoms with Crippen LogP contribution >= 0.6 is 34.7 Å². The Hall–Kier alpha value is -0.520. The van der Waals surface area contributed by atoms with E-state index < -0.39 is 0 Å². The number of halogens is 1. The van der Waals surface area contributed by atoms with E-state index in [9.17, 15) is 0 Å². The van der Waals surface area contributed by atoms with Crippen molar-refractivity contribution in [3.63, 3.8) is 0 Å². The summed E-state index contributed by atoms with van der Waals surface area (Å²) in [5.41, 5.74) is 0. The van der Waals surface area contributed by atoms with Crippen molar-refractivity contribution in [1.29, 1.82) is 0 Å². The fourth-order valence-corrected chi connectivity index (χ4v) is 4.20. The van der Waals surface area contributed by atoms with Gasteiger partial charge >= 0.3 is 0 Å². The quantitative estimate of drug-likeness (QED) is 0.794. The molecule has 3 nitrogen and oxygen atoms in total. The number of fused-ring (bicyclic) bond motifs is 1. The van der Waals surface area contributed by atoms with Crippen LogP contribution in [0.5, 0.6) is 0 Å². The third kappa shape index (κ3) is 2.31. The van der Waals surface area contributed by atoms with E-state index in [-0.39, 0.29) is 0 Å². The van der Waals surface area contributed by atoms with Crippen molar-refractivity contribution in [1.82, 2.24) is 9.97 Å². The number of aryl methyl sites for hydroxylation is 1. The topological polar surface area (TPSA) is 29.0 Å². The molecule has 0 bridgehead atoms. The Morgan fingerprint density at radius 1 is 1.33 bits per heavy atom. The summed E-state index contributed by atoms with van der Waals surface area (Å²) >= 11 is 9.77. The molecule has 1 fully saturated rings. The van der Waals surface area contributed by atoms with Gasteiger partial charge in [0.1, 0.15) is 10.6 Å². The molecule has 1 aliphatic heterocycles. The van der Waals surface area contributed by atoms with Gasteiger partial charge in [-0.1, -0.05) is 6.92 Å². The van der Waals surface area contributed by atoms with Gasteiger partial charge in [-0.25, -0.2) is 4.98 Å². The standard InChI is InChI=1S/C12H14ClN3S2/c1-2-8-7-9-10(16-3-5-17-6-4-16)14-12(13)15-11(9)18-8/h7H,2-6H2,1H3. The summed E-state index contributed by atoms with van der Waals surface area (Å²) in [6.07, 6.45) is 1.04. The molecule has 18 heavy (non-hydrogen) atoms. The van der Waals surface area contributed by atoms with Gasteiger partial charge in [-0.2, -0.15) is 16.7 Å². The van der Waals surface area contributed by atoms with Crippen LogP contribution in [0.15, 0.2) is 6.07 Å². The minimum Gasteiger partial charge on any atom is -0.354 e. The summed E-state index contributed by atoms with van der Waals surface area (Å²) in [5, 5.41) is 1.52. The first-order chi connectivity index (χ1) is 8.78. The summed E-state index contributed by atoms with van der Waals surface area (Å²) in [7, 11) is 0. The molecule has 0 N–H and O–H groups in total. The first-order valence-corrected chi connectivity index (χ1v) is 8.41. The zero-order valence-corrected chi connectivity index (χ0v) is 12.5. The average molecular weight is 300 g/mol. The van der Waals surface area contributed by atoms with Gasteiger partial charge in [-0.05, 0) is 24.1 Å². The molecular weight excluding hydrogens is 286 g/mol. The number of thiophene rings is 1. The van der Waals surface area contributed by atoms with E-state index in [1.165, 1.54) is 4.88 Å². The molecule has 0 amide bonds. The molecule has 0 unspecified atom stereocenters. The third-order valence-electron chi connectivity index (χ3n) is 3.06. The number of rotatable bonds is 2. The van der Waals surface area contributed by atoms with Gasteiger partial charge in [0.2, 0.25) is 5.28 Å². The molecule has 3 heterocycles. The second kappa shape index (κ2) is 5.23. The molecule has 0 radical (unpaired) electrons. The fourth-order valence-electron chi connectivity index (χ4n) is 2.12. The highest BCUT2D eigenvalue weighted by atomic mass is 35.5. The number of hydrogen-bond donors (Lipinski definition) is 0. The van der Waals surface area contributed by atoms with E-state index in [0.717, 1.165) is 47.1 Å². The maximum Gasteiger partial charge on any atom is 0.225 e. The smallest absolute Gasteiger partial charge is 0.225 e. The number of hydrogen-bond acceptors (Lipinski definition) is 5. The second-order valence-corrected chi connectivity index (χ2v) is 6.88. The monoisotopic (exact) mass is 299 g/mol. The zero-order chi connectivity index (χ0) is 12.5. The van der Waals surface area contributed by atoms with Crippen molar-refractivity contribution < 1.29 is 0 Å². The Balaban J connectivity index is 2.10. The Morgan fingerprint density at radius 2 is 2.11 bits per heavy atom. The Kier molecular flexibility index (Phi) is 3.63. The van der Waals surface area contributed by atoms with E-state index in [4.69, 9.17) is 11.6 Å². The SMILES string of the molecule is CCc1cc2c(N3CCSCC3)nc(Cl)nc2s1. The summed E-state index contributed by atoms with van der Waals surface area (Å²) in [6.45, 7) is 4.26. The van der Waals surface area contributed by atoms with E-state index in [1.807, 2.05) is 11.8 Å². The molecule has 0 aromatic carbocycles. The maximum absolute atomic E-state index is 6.05. The molecule has 0 saturated carbocycles. The van der Waals surface area contributed by atoms with Crippen molar-refractivity contribution in [3.05, 3.63) is 16.2 Å². The van der Waals surface area contributed by atoms with Gasteiger partial charge in [0, 0.05) is 29.5 Å². The van der Waals surface area contributed by atoms with Crippen LogP contribution in [-0.4, -0.2) is 34.6 Å². The van der Waals surface area contributed by atoms with Crippen LogP contribution in [0.3, 0.4) is 0 Å². The highest BCUT2D eigenvalue weighted by Gasteiger charge is 2.18. The first kappa shape index (κ1) is 12.5. The van der Waals surface area contributed by atoms with Gasteiger partial charge in [-0.15, -0.1) is 11.3 Å². The fraction of sp³-hybridized carbons (Fsp3) is 0.500. The molecular formula is C12H14ClN3S2. The van der Waals surface area contributed by atoms with Crippen LogP contribution < -0.4 is 4.90 Å². The number of nitrogens with zero attached hydrogens (tertiary/aromatic N) is 3. The van der Waals surface area contributed by atoms with Gasteiger partial charge in [-0.3, -0.25) is 0 Å². The summed E-state index contributed by atoms with van der Waals surface area (Å²) in [6, 6.07) is 2.22. The molecule has 0 aliphatic carbocycles. The van der Waals surface area contributed by atoms with E-state index >= 15 is 0 Å². The average Bonchev–Trinajstić information content (AvgIpc) is 2.81. The lowest BCUT2D eigenvalue weighted by atomic mass is 10.3. The van der Waals surface area contributed by atoms with Crippen molar-refractivity contribution in [2.45, 2.75) is 13.3 Å². The molecule has 2 aromatic heterocycles. The minimum atomic E-state index is 0.361. The Bertz CT molecular complexity index is 564. The Morgan fingerprint density at radius 3 is 2.83 bits per heavy atom. The predicted octanol–water partition coefficient (Wildman–Crippen LogP) is 3.46. The number of anilines is 1. The molecule has 96 valence electrons. The lowest BCUT2D eigenvalue weighted by molar-refractivity contribution is 0.842. The minimum absolute atomic E-state index is 0.361. The van der Waals surface area contributed by atoms with Crippen molar-refractivity contribution in [2.24, 2.45) is 0 Å². The molecule has 0 atom stereocenters. The van der Waals surface area contributed by atoms with E-state index in [1.54, 1.807) is 11.3 Å². The maximum atomic E-state index is 6.05. The molecule has 2 aromatic rings. The highest BCUT2D eigenvalue weighted by Crippen LogP contribution is 2.33. The van der Waals surface area contributed by atoms with Crippen molar-refractivity contribution in [2.75, 3.05) is 29.5 Å². The highest BCUT2D eigenvalue weighted by molar-refractivity contribution is 7.99. The summed E-state index contributed by atoms with van der Waals surface area (Å²) in [4.78, 5) is 13.5. The summed E-state index contributed by atoms with van der Waals surface area (Å²) in [5.74, 6) is 3.34. The van der Waals surface area contributed by atoms with E-state index in [0.29, 0.717) is 5.28 Å². The van der Waals surface area contributed by atoms with Crippen molar-refractivity contribution >= 4 is 50.7 Å². The van der Waals surface area contributed by atoms with Crippen LogP contribution in [0.4, 0.5) is 5.82 Å². The van der Waals surface area contributed by atoms with Gasteiger partial charge in [0.05, 0.1) is 5.39 Å². The normalized spacial score (nSPS) is 16.4. The van der Waals surface area contributed by atoms with Crippen LogP contribution in [0.1, 0.15) is 11.8 Å². The first-order valence-electron chi connectivity index (χ1n) is 6.06. The number of aromatic nitrogens is 2. The van der Waals surface area contributed by atoms with E-state index in [2.05, 4.69) is 27.9 Å². The largest absolute Gasteiger partial charge is 0.354 e. The van der Waals surface area contributed by atoms with Crippen LogP contribution in [0, 0.1) is 0 Å². The second-order valence-electron chi connectivity index (χ2n) is 4.20. The van der Waals surface area contributed by atoms with Crippen molar-refractivity contribution in [3.8, 4) is 0 Å². The third-order valence-corrected chi connectivity index (χ3v) is 5.34. The predicted molar refractivity (Wildman–Crippen MR) is 81.3 cm³/mol. The Labute approximate surface area is 120 Å². The van der Waals surface area contributed by atoms with Gasteiger partial charge < -0.3 is 4.90 Å². The van der Waals surface area contributed by atoms with Crippen LogP contribution in [0.2, 0.25) is 5.28 Å².